The van der Waals surface area contributed by atoms with Gasteiger partial charge in [0.25, 0.3) is 0 Å². The summed E-state index contributed by atoms with van der Waals surface area (Å²) in [6.07, 6.45) is 1.59. The predicted molar refractivity (Wildman–Crippen MR) is 121 cm³/mol. The molecular weight excluding hydrogens is 435 g/mol. The van der Waals surface area contributed by atoms with Gasteiger partial charge in [-0.3, -0.25) is 4.79 Å². The number of carboxylic acid groups (broad SMARTS) is 1. The number of hydrogen-bond donors (Lipinski definition) is 3. The minimum absolute atomic E-state index is 0.0371. The molecule has 170 valence electrons. The number of carbonyl (C=O) groups is 2. The van der Waals surface area contributed by atoms with E-state index in [0.717, 1.165) is 11.3 Å². The van der Waals surface area contributed by atoms with Gasteiger partial charge in [0, 0.05) is 24.9 Å². The van der Waals surface area contributed by atoms with Crippen molar-refractivity contribution in [2.45, 2.75) is 40.2 Å². The maximum absolute atomic E-state index is 13.9. The molecule has 0 aliphatic carbocycles. The number of fused-ring (bicyclic) bond motifs is 1. The Hall–Kier alpha value is -3.27. The largest absolute Gasteiger partial charge is 0.488 e. The normalized spacial score (nSPS) is 12.1. The molecule has 2 aromatic heterocycles. The van der Waals surface area contributed by atoms with Crippen LogP contribution in [0.2, 0.25) is 0 Å². The van der Waals surface area contributed by atoms with Gasteiger partial charge in [0.1, 0.15) is 33.4 Å². The number of halogens is 1. The highest BCUT2D eigenvalue weighted by Crippen LogP contribution is 2.36. The lowest BCUT2D eigenvalue weighted by Crippen LogP contribution is -2.31. The summed E-state index contributed by atoms with van der Waals surface area (Å²) in [4.78, 5) is 32.4. The van der Waals surface area contributed by atoms with Crippen LogP contribution in [0.25, 0.3) is 10.2 Å². The number of nitrogens with one attached hydrogen (secondary N) is 2. The zero-order chi connectivity index (χ0) is 23.4. The van der Waals surface area contributed by atoms with Gasteiger partial charge in [-0.2, -0.15) is 0 Å². The fourth-order valence-corrected chi connectivity index (χ4v) is 4.06. The van der Waals surface area contributed by atoms with Crippen molar-refractivity contribution < 1.29 is 23.8 Å². The van der Waals surface area contributed by atoms with Gasteiger partial charge in [0.2, 0.25) is 5.91 Å². The Balaban J connectivity index is 1.81. The molecule has 0 radical (unpaired) electrons. The number of thiophene rings is 1. The van der Waals surface area contributed by atoms with Gasteiger partial charge in [-0.15, -0.1) is 11.3 Å². The highest BCUT2D eigenvalue weighted by molar-refractivity contribution is 7.20. The third-order valence-corrected chi connectivity index (χ3v) is 6.01. The Labute approximate surface area is 188 Å². The summed E-state index contributed by atoms with van der Waals surface area (Å²) in [6.45, 7) is 7.61. The van der Waals surface area contributed by atoms with E-state index >= 15 is 0 Å². The molecule has 2 heterocycles. The van der Waals surface area contributed by atoms with Gasteiger partial charge in [0.15, 0.2) is 0 Å². The molecule has 8 nitrogen and oxygen atoms in total. The molecule has 1 unspecified atom stereocenters. The second kappa shape index (κ2) is 9.90. The number of rotatable bonds is 9. The van der Waals surface area contributed by atoms with Crippen LogP contribution in [0.4, 0.5) is 15.9 Å². The van der Waals surface area contributed by atoms with Crippen molar-refractivity contribution in [2.24, 2.45) is 5.92 Å². The summed E-state index contributed by atoms with van der Waals surface area (Å²) >= 11 is 1.07. The first kappa shape index (κ1) is 23.4. The molecule has 0 saturated carbocycles. The molecule has 1 aromatic carbocycles. The third kappa shape index (κ3) is 5.31. The lowest BCUT2D eigenvalue weighted by molar-refractivity contribution is -0.124. The third-order valence-electron chi connectivity index (χ3n) is 4.82. The lowest BCUT2D eigenvalue weighted by Gasteiger charge is -2.19. The van der Waals surface area contributed by atoms with Crippen LogP contribution in [0.5, 0.6) is 5.75 Å². The molecule has 0 saturated heterocycles. The molecule has 0 bridgehead atoms. The van der Waals surface area contributed by atoms with E-state index in [2.05, 4.69) is 20.6 Å². The van der Waals surface area contributed by atoms with E-state index in [1.165, 1.54) is 24.5 Å². The van der Waals surface area contributed by atoms with Crippen molar-refractivity contribution in [1.82, 2.24) is 15.3 Å². The zero-order valence-electron chi connectivity index (χ0n) is 18.2. The molecule has 3 rings (SSSR count). The molecule has 0 fully saturated rings. The molecule has 0 aliphatic heterocycles. The number of anilines is 2. The molecule has 0 spiro atoms. The maximum atomic E-state index is 13.9. The number of carboxylic acids is 1. The minimum Gasteiger partial charge on any atom is -0.488 e. The Bertz CT molecular complexity index is 1150. The van der Waals surface area contributed by atoms with Crippen LogP contribution in [0.15, 0.2) is 24.5 Å². The van der Waals surface area contributed by atoms with Crippen LogP contribution in [0.1, 0.15) is 42.4 Å². The van der Waals surface area contributed by atoms with Crippen LogP contribution in [0, 0.1) is 18.7 Å². The van der Waals surface area contributed by atoms with E-state index in [-0.39, 0.29) is 28.6 Å². The predicted octanol–water partition coefficient (Wildman–Crippen LogP) is 4.51. The average molecular weight is 461 g/mol. The van der Waals surface area contributed by atoms with E-state index < -0.39 is 11.8 Å². The van der Waals surface area contributed by atoms with Crippen molar-refractivity contribution >= 4 is 44.9 Å². The smallest absolute Gasteiger partial charge is 0.346 e. The topological polar surface area (TPSA) is 113 Å². The fraction of sp³-hybridized carbons (Fsp3) is 0.364. The highest BCUT2D eigenvalue weighted by Gasteiger charge is 2.20. The summed E-state index contributed by atoms with van der Waals surface area (Å²) in [7, 11) is 0. The van der Waals surface area contributed by atoms with Gasteiger partial charge < -0.3 is 20.5 Å². The fourth-order valence-electron chi connectivity index (χ4n) is 3.07. The van der Waals surface area contributed by atoms with Crippen molar-refractivity contribution in [1.29, 1.82) is 0 Å². The maximum Gasteiger partial charge on any atom is 0.346 e. The molecule has 0 aliphatic rings. The number of carbonyl (C=O) groups excluding carboxylic acids is 1. The van der Waals surface area contributed by atoms with Gasteiger partial charge in [-0.1, -0.05) is 13.8 Å². The number of aryl methyl sites for hydroxylation is 1. The number of amides is 1. The number of ether oxygens (including phenoxy) is 1. The average Bonchev–Trinajstić information content (AvgIpc) is 3.07. The molecule has 3 N–H and O–H groups in total. The number of hydrogen-bond acceptors (Lipinski definition) is 7. The molecule has 1 amide bonds. The summed E-state index contributed by atoms with van der Waals surface area (Å²) in [6, 6.07) is 4.10. The van der Waals surface area contributed by atoms with Crippen molar-refractivity contribution in [3.8, 4) is 5.75 Å². The number of nitrogens with zero attached hydrogens (tertiary/aromatic N) is 2. The Morgan fingerprint density at radius 3 is 2.69 bits per heavy atom. The van der Waals surface area contributed by atoms with E-state index in [4.69, 9.17) is 4.74 Å². The van der Waals surface area contributed by atoms with Crippen LogP contribution in [-0.2, 0) is 4.79 Å². The van der Waals surface area contributed by atoms with E-state index in [0.29, 0.717) is 40.3 Å². The molecule has 32 heavy (non-hydrogen) atoms. The van der Waals surface area contributed by atoms with Gasteiger partial charge in [0.05, 0.1) is 17.2 Å². The van der Waals surface area contributed by atoms with E-state index in [1.54, 1.807) is 6.92 Å². The number of aromatic nitrogens is 2. The quantitative estimate of drug-likeness (QED) is 0.430. The van der Waals surface area contributed by atoms with Crippen LogP contribution in [-0.4, -0.2) is 39.6 Å². The highest BCUT2D eigenvalue weighted by atomic mass is 32.1. The van der Waals surface area contributed by atoms with Crippen molar-refractivity contribution in [3.05, 3.63) is 40.8 Å². The van der Waals surface area contributed by atoms with Crippen molar-refractivity contribution in [3.63, 3.8) is 0 Å². The standard InChI is InChI=1S/C22H25FN4O4S/c1-11(2)20(28)24-8-7-12(3)31-16-9-14(23)5-6-15(16)27-19-17-13(4)18(22(29)30)32-21(17)26-10-25-19/h5-6,9-12H,7-8H2,1-4H3,(H,24,28)(H,29,30)(H,25,26,27). The Kier molecular flexibility index (Phi) is 7.24. The number of aromatic carboxylic acids is 1. The van der Waals surface area contributed by atoms with Gasteiger partial charge >= 0.3 is 5.97 Å². The molecule has 1 atom stereocenters. The number of benzene rings is 1. The monoisotopic (exact) mass is 460 g/mol. The lowest BCUT2D eigenvalue weighted by atomic mass is 10.2. The summed E-state index contributed by atoms with van der Waals surface area (Å²) < 4.78 is 19.9. The molecule has 10 heteroatoms. The van der Waals surface area contributed by atoms with Crippen LogP contribution < -0.4 is 15.4 Å². The van der Waals surface area contributed by atoms with E-state index in [1.807, 2.05) is 20.8 Å². The van der Waals surface area contributed by atoms with Crippen molar-refractivity contribution in [2.75, 3.05) is 11.9 Å². The zero-order valence-corrected chi connectivity index (χ0v) is 19.0. The summed E-state index contributed by atoms with van der Waals surface area (Å²) in [5.74, 6) is -0.934. The summed E-state index contributed by atoms with van der Waals surface area (Å²) in [5, 5.41) is 16.0. The second-order valence-electron chi connectivity index (χ2n) is 7.69. The van der Waals surface area contributed by atoms with Crippen LogP contribution >= 0.6 is 11.3 Å². The van der Waals surface area contributed by atoms with E-state index in [9.17, 15) is 19.1 Å². The SMILES string of the molecule is Cc1c(C(=O)O)sc2ncnc(Nc3ccc(F)cc3OC(C)CCNC(=O)C(C)C)c12. The van der Waals surface area contributed by atoms with Gasteiger partial charge in [-0.25, -0.2) is 19.2 Å². The summed E-state index contributed by atoms with van der Waals surface area (Å²) in [5.41, 5.74) is 1.03. The van der Waals surface area contributed by atoms with Gasteiger partial charge in [-0.05, 0) is 31.5 Å². The van der Waals surface area contributed by atoms with Crippen LogP contribution in [0.3, 0.4) is 0 Å². The second-order valence-corrected chi connectivity index (χ2v) is 8.69. The minimum atomic E-state index is -1.03. The molecular formula is C22H25FN4O4S. The Morgan fingerprint density at radius 1 is 1.25 bits per heavy atom. The first-order valence-corrected chi connectivity index (χ1v) is 11.0. The molecule has 3 aromatic rings. The first-order valence-electron chi connectivity index (χ1n) is 10.2. The first-order chi connectivity index (χ1) is 15.2. The Morgan fingerprint density at radius 2 is 2.00 bits per heavy atom.